The van der Waals surface area contributed by atoms with Crippen molar-refractivity contribution in [1.82, 2.24) is 10.6 Å². The third kappa shape index (κ3) is 5.16. The molecule has 1 saturated heterocycles. The molecule has 1 fully saturated rings. The lowest BCUT2D eigenvalue weighted by molar-refractivity contribution is 0.0570. The molecule has 0 aromatic heterocycles. The van der Waals surface area contributed by atoms with Gasteiger partial charge in [-0.2, -0.15) is 0 Å². The SMILES string of the molecule is CC(NC(=O)NCC(O)c1ccc(Cl)cc1)C1CCOCC1. The van der Waals surface area contributed by atoms with Gasteiger partial charge in [0.15, 0.2) is 0 Å². The largest absolute Gasteiger partial charge is 0.387 e. The molecule has 5 nitrogen and oxygen atoms in total. The van der Waals surface area contributed by atoms with Crippen LogP contribution in [0.1, 0.15) is 31.4 Å². The van der Waals surface area contributed by atoms with Crippen molar-refractivity contribution in [1.29, 1.82) is 0 Å². The first-order valence-corrected chi connectivity index (χ1v) is 7.99. The molecule has 6 heteroatoms. The third-order valence-electron chi connectivity index (χ3n) is 4.04. The van der Waals surface area contributed by atoms with Crippen LogP contribution in [0.4, 0.5) is 4.79 Å². The molecule has 122 valence electrons. The fourth-order valence-corrected chi connectivity index (χ4v) is 2.71. The summed E-state index contributed by atoms with van der Waals surface area (Å²) in [6.07, 6.45) is 1.19. The summed E-state index contributed by atoms with van der Waals surface area (Å²) in [6.45, 7) is 3.68. The number of urea groups is 1. The first-order valence-electron chi connectivity index (χ1n) is 7.62. The second kappa shape index (κ2) is 8.36. The second-order valence-corrected chi connectivity index (χ2v) is 6.10. The van der Waals surface area contributed by atoms with Gasteiger partial charge in [-0.3, -0.25) is 0 Å². The van der Waals surface area contributed by atoms with Gasteiger partial charge in [-0.1, -0.05) is 23.7 Å². The number of benzene rings is 1. The number of halogens is 1. The molecule has 1 aromatic rings. The summed E-state index contributed by atoms with van der Waals surface area (Å²) in [5.74, 6) is 0.445. The monoisotopic (exact) mass is 326 g/mol. The number of aliphatic hydroxyl groups excluding tert-OH is 1. The Kier molecular flexibility index (Phi) is 6.49. The topological polar surface area (TPSA) is 70.6 Å². The van der Waals surface area contributed by atoms with E-state index in [2.05, 4.69) is 10.6 Å². The molecule has 2 atom stereocenters. The summed E-state index contributed by atoms with van der Waals surface area (Å²) in [4.78, 5) is 11.9. The van der Waals surface area contributed by atoms with E-state index in [9.17, 15) is 9.90 Å². The first kappa shape index (κ1) is 17.1. The molecule has 2 amide bonds. The van der Waals surface area contributed by atoms with Gasteiger partial charge in [0.2, 0.25) is 0 Å². The van der Waals surface area contributed by atoms with Crippen LogP contribution < -0.4 is 10.6 Å². The zero-order valence-electron chi connectivity index (χ0n) is 12.7. The van der Waals surface area contributed by atoms with E-state index in [4.69, 9.17) is 16.3 Å². The Morgan fingerprint density at radius 2 is 2.00 bits per heavy atom. The Bertz CT molecular complexity index is 475. The number of nitrogens with one attached hydrogen (secondary N) is 2. The normalized spacial score (nSPS) is 18.5. The molecule has 22 heavy (non-hydrogen) atoms. The van der Waals surface area contributed by atoms with Crippen LogP contribution in [0.15, 0.2) is 24.3 Å². The Balaban J connectivity index is 1.73. The number of aliphatic hydroxyl groups is 1. The average molecular weight is 327 g/mol. The molecule has 0 bridgehead atoms. The van der Waals surface area contributed by atoms with Crippen molar-refractivity contribution in [2.75, 3.05) is 19.8 Å². The molecule has 0 radical (unpaired) electrons. The lowest BCUT2D eigenvalue weighted by Gasteiger charge is -2.28. The standard InChI is InChI=1S/C16H23ClN2O3/c1-11(12-6-8-22-9-7-12)19-16(21)18-10-15(20)13-2-4-14(17)5-3-13/h2-5,11-12,15,20H,6-10H2,1H3,(H2,18,19,21). The highest BCUT2D eigenvalue weighted by Crippen LogP contribution is 2.18. The number of carbonyl (C=O) groups excluding carboxylic acids is 1. The number of hydrogen-bond acceptors (Lipinski definition) is 3. The van der Waals surface area contributed by atoms with Crippen LogP contribution >= 0.6 is 11.6 Å². The average Bonchev–Trinajstić information content (AvgIpc) is 2.54. The highest BCUT2D eigenvalue weighted by molar-refractivity contribution is 6.30. The molecule has 0 saturated carbocycles. The molecular formula is C16H23ClN2O3. The zero-order chi connectivity index (χ0) is 15.9. The van der Waals surface area contributed by atoms with Crippen LogP contribution in [0, 0.1) is 5.92 Å². The zero-order valence-corrected chi connectivity index (χ0v) is 13.5. The molecule has 1 heterocycles. The van der Waals surface area contributed by atoms with Crippen LogP contribution in [-0.4, -0.2) is 36.9 Å². The van der Waals surface area contributed by atoms with E-state index in [1.54, 1.807) is 24.3 Å². The van der Waals surface area contributed by atoms with Crippen molar-refractivity contribution in [3.8, 4) is 0 Å². The van der Waals surface area contributed by atoms with Crippen LogP contribution in [0.2, 0.25) is 5.02 Å². The molecule has 2 unspecified atom stereocenters. The van der Waals surface area contributed by atoms with E-state index < -0.39 is 6.10 Å². The Morgan fingerprint density at radius 1 is 1.36 bits per heavy atom. The maximum absolute atomic E-state index is 11.9. The molecule has 2 rings (SSSR count). The third-order valence-corrected chi connectivity index (χ3v) is 4.29. The summed E-state index contributed by atoms with van der Waals surface area (Å²) >= 11 is 5.80. The smallest absolute Gasteiger partial charge is 0.315 e. The van der Waals surface area contributed by atoms with Gasteiger partial charge in [-0.15, -0.1) is 0 Å². The summed E-state index contributed by atoms with van der Waals surface area (Å²) in [7, 11) is 0. The maximum atomic E-state index is 11.9. The molecule has 0 spiro atoms. The molecule has 0 aliphatic carbocycles. The highest BCUT2D eigenvalue weighted by Gasteiger charge is 2.22. The van der Waals surface area contributed by atoms with Crippen LogP contribution in [-0.2, 0) is 4.74 Å². The second-order valence-electron chi connectivity index (χ2n) is 5.66. The Morgan fingerprint density at radius 3 is 2.64 bits per heavy atom. The molecule has 1 aliphatic rings. The predicted octanol–water partition coefficient (Wildman–Crippen LogP) is 2.49. The molecular weight excluding hydrogens is 304 g/mol. The van der Waals surface area contributed by atoms with Crippen LogP contribution in [0.25, 0.3) is 0 Å². The van der Waals surface area contributed by atoms with E-state index in [-0.39, 0.29) is 18.6 Å². The number of rotatable bonds is 5. The van der Waals surface area contributed by atoms with Crippen molar-refractivity contribution >= 4 is 17.6 Å². The van der Waals surface area contributed by atoms with Crippen molar-refractivity contribution < 1.29 is 14.6 Å². The minimum absolute atomic E-state index is 0.0941. The fraction of sp³-hybridized carbons (Fsp3) is 0.562. The molecule has 3 N–H and O–H groups in total. The van der Waals surface area contributed by atoms with Crippen molar-refractivity contribution in [2.45, 2.75) is 31.9 Å². The highest BCUT2D eigenvalue weighted by atomic mass is 35.5. The van der Waals surface area contributed by atoms with Gasteiger partial charge in [0, 0.05) is 30.8 Å². The number of carbonyl (C=O) groups is 1. The van der Waals surface area contributed by atoms with Crippen molar-refractivity contribution in [2.24, 2.45) is 5.92 Å². The number of ether oxygens (including phenoxy) is 1. The minimum atomic E-state index is -0.749. The predicted molar refractivity (Wildman–Crippen MR) is 86.0 cm³/mol. The van der Waals surface area contributed by atoms with Gasteiger partial charge >= 0.3 is 6.03 Å². The van der Waals surface area contributed by atoms with E-state index in [1.807, 2.05) is 6.92 Å². The minimum Gasteiger partial charge on any atom is -0.387 e. The van der Waals surface area contributed by atoms with Crippen LogP contribution in [0.5, 0.6) is 0 Å². The van der Waals surface area contributed by atoms with E-state index >= 15 is 0 Å². The number of amides is 2. The van der Waals surface area contributed by atoms with E-state index in [0.29, 0.717) is 10.9 Å². The van der Waals surface area contributed by atoms with Gasteiger partial charge in [0.25, 0.3) is 0 Å². The van der Waals surface area contributed by atoms with E-state index in [1.165, 1.54) is 0 Å². The van der Waals surface area contributed by atoms with Crippen LogP contribution in [0.3, 0.4) is 0 Å². The summed E-state index contributed by atoms with van der Waals surface area (Å²) < 4.78 is 5.32. The Hall–Kier alpha value is -1.30. The van der Waals surface area contributed by atoms with Crippen molar-refractivity contribution in [3.63, 3.8) is 0 Å². The van der Waals surface area contributed by atoms with Gasteiger partial charge < -0.3 is 20.5 Å². The molecule has 1 aliphatic heterocycles. The lowest BCUT2D eigenvalue weighted by atomic mass is 9.93. The fourth-order valence-electron chi connectivity index (χ4n) is 2.58. The quantitative estimate of drug-likeness (QED) is 0.778. The van der Waals surface area contributed by atoms with E-state index in [0.717, 1.165) is 31.6 Å². The molecule has 1 aromatic carbocycles. The van der Waals surface area contributed by atoms with Crippen molar-refractivity contribution in [3.05, 3.63) is 34.9 Å². The van der Waals surface area contributed by atoms with Gasteiger partial charge in [-0.25, -0.2) is 4.79 Å². The summed E-state index contributed by atoms with van der Waals surface area (Å²) in [6, 6.07) is 6.76. The summed E-state index contributed by atoms with van der Waals surface area (Å²) in [5.41, 5.74) is 0.724. The van der Waals surface area contributed by atoms with Gasteiger partial charge in [-0.05, 0) is 43.4 Å². The maximum Gasteiger partial charge on any atom is 0.315 e. The Labute approximate surface area is 136 Å². The summed E-state index contributed by atoms with van der Waals surface area (Å²) in [5, 5.41) is 16.3. The lowest BCUT2D eigenvalue weighted by Crippen LogP contribution is -2.46. The number of hydrogen-bond donors (Lipinski definition) is 3. The van der Waals surface area contributed by atoms with Gasteiger partial charge in [0.05, 0.1) is 6.10 Å². The first-order chi connectivity index (χ1) is 10.6. The van der Waals surface area contributed by atoms with Gasteiger partial charge in [0.1, 0.15) is 0 Å².